The minimum atomic E-state index is -3.90. The van der Waals surface area contributed by atoms with Gasteiger partial charge in [0.15, 0.2) is 18.2 Å². The standard InChI is InChI=1S/C20H15F3N2O4S/c21-13-1-3-14(4-2-13)25-30(27,28)17-8-6-16(7-9-17)29-12-20(26)24-15-5-10-18(22)19(23)11-15/h1-11,25H,12H2,(H,24,26). The molecule has 0 aliphatic carbocycles. The van der Waals surface area contributed by atoms with Crippen molar-refractivity contribution in [2.75, 3.05) is 16.6 Å². The number of rotatable bonds is 7. The summed E-state index contributed by atoms with van der Waals surface area (Å²) in [6.07, 6.45) is 0. The molecule has 0 saturated carbocycles. The number of amides is 1. The Morgan fingerprint density at radius 1 is 0.833 bits per heavy atom. The van der Waals surface area contributed by atoms with Crippen LogP contribution in [-0.4, -0.2) is 20.9 Å². The summed E-state index contributed by atoms with van der Waals surface area (Å²) < 4.78 is 71.2. The number of hydrogen-bond acceptors (Lipinski definition) is 4. The molecule has 0 aliphatic heterocycles. The number of anilines is 2. The second-order valence-corrected chi connectivity index (χ2v) is 7.73. The molecular weight excluding hydrogens is 421 g/mol. The van der Waals surface area contributed by atoms with Gasteiger partial charge in [-0.3, -0.25) is 9.52 Å². The summed E-state index contributed by atoms with van der Waals surface area (Å²) in [5.41, 5.74) is 0.265. The molecule has 0 spiro atoms. The minimum absolute atomic E-state index is 0.0644. The Hall–Kier alpha value is -3.53. The highest BCUT2D eigenvalue weighted by molar-refractivity contribution is 7.92. The van der Waals surface area contributed by atoms with E-state index in [1.54, 1.807) is 0 Å². The summed E-state index contributed by atoms with van der Waals surface area (Å²) >= 11 is 0. The Labute approximate surface area is 170 Å². The molecule has 0 saturated heterocycles. The van der Waals surface area contributed by atoms with E-state index in [-0.39, 0.29) is 22.0 Å². The molecule has 0 bridgehead atoms. The van der Waals surface area contributed by atoms with Crippen LogP contribution < -0.4 is 14.8 Å². The number of benzene rings is 3. The van der Waals surface area contributed by atoms with Crippen molar-refractivity contribution in [1.29, 1.82) is 0 Å². The zero-order chi connectivity index (χ0) is 21.7. The van der Waals surface area contributed by atoms with Gasteiger partial charge in [0.1, 0.15) is 11.6 Å². The van der Waals surface area contributed by atoms with Crippen LogP contribution in [0.1, 0.15) is 0 Å². The van der Waals surface area contributed by atoms with Crippen LogP contribution in [0.3, 0.4) is 0 Å². The van der Waals surface area contributed by atoms with Gasteiger partial charge in [-0.05, 0) is 60.7 Å². The lowest BCUT2D eigenvalue weighted by molar-refractivity contribution is -0.118. The molecule has 30 heavy (non-hydrogen) atoms. The van der Waals surface area contributed by atoms with Crippen LogP contribution in [0.5, 0.6) is 5.75 Å². The molecular formula is C20H15F3N2O4S. The molecule has 0 unspecified atom stereocenters. The molecule has 0 aromatic heterocycles. The first-order valence-corrected chi connectivity index (χ1v) is 9.97. The summed E-state index contributed by atoms with van der Waals surface area (Å²) in [5, 5.41) is 2.34. The Morgan fingerprint density at radius 2 is 1.47 bits per heavy atom. The number of ether oxygens (including phenoxy) is 1. The van der Waals surface area contributed by atoms with Crippen LogP contribution in [-0.2, 0) is 14.8 Å². The van der Waals surface area contributed by atoms with Crippen molar-refractivity contribution in [3.8, 4) is 5.75 Å². The first-order valence-electron chi connectivity index (χ1n) is 8.49. The van der Waals surface area contributed by atoms with E-state index in [1.165, 1.54) is 42.5 Å². The Morgan fingerprint density at radius 3 is 2.10 bits per heavy atom. The van der Waals surface area contributed by atoms with Gasteiger partial charge in [0.05, 0.1) is 4.90 Å². The predicted molar refractivity (Wildman–Crippen MR) is 104 cm³/mol. The SMILES string of the molecule is O=C(COc1ccc(S(=O)(=O)Nc2ccc(F)cc2)cc1)Nc1ccc(F)c(F)c1. The van der Waals surface area contributed by atoms with Crippen LogP contribution in [0.25, 0.3) is 0 Å². The van der Waals surface area contributed by atoms with Gasteiger partial charge in [0, 0.05) is 17.4 Å². The molecule has 3 rings (SSSR count). The Kier molecular flexibility index (Phi) is 6.26. The summed E-state index contributed by atoms with van der Waals surface area (Å²) in [4.78, 5) is 11.8. The van der Waals surface area contributed by atoms with Gasteiger partial charge in [-0.2, -0.15) is 0 Å². The zero-order valence-corrected chi connectivity index (χ0v) is 16.0. The van der Waals surface area contributed by atoms with Crippen LogP contribution in [0.4, 0.5) is 24.5 Å². The van der Waals surface area contributed by atoms with Gasteiger partial charge >= 0.3 is 0 Å². The van der Waals surface area contributed by atoms with Crippen molar-refractivity contribution in [3.05, 3.63) is 84.2 Å². The van der Waals surface area contributed by atoms with Crippen LogP contribution in [0.2, 0.25) is 0 Å². The second kappa shape index (κ2) is 8.87. The largest absolute Gasteiger partial charge is 0.484 e. The first-order chi connectivity index (χ1) is 14.2. The van der Waals surface area contributed by atoms with E-state index in [0.717, 1.165) is 24.3 Å². The lowest BCUT2D eigenvalue weighted by atomic mass is 10.3. The molecule has 0 fully saturated rings. The van der Waals surface area contributed by atoms with E-state index in [1.807, 2.05) is 0 Å². The fourth-order valence-corrected chi connectivity index (χ4v) is 3.43. The first kappa shape index (κ1) is 21.2. The fourth-order valence-electron chi connectivity index (χ4n) is 2.37. The third-order valence-electron chi connectivity index (χ3n) is 3.80. The van der Waals surface area contributed by atoms with Crippen LogP contribution in [0, 0.1) is 17.5 Å². The van der Waals surface area contributed by atoms with E-state index in [2.05, 4.69) is 10.0 Å². The third-order valence-corrected chi connectivity index (χ3v) is 5.20. The van der Waals surface area contributed by atoms with Gasteiger partial charge in [0.25, 0.3) is 15.9 Å². The fraction of sp³-hybridized carbons (Fsp3) is 0.0500. The lowest BCUT2D eigenvalue weighted by Gasteiger charge is -2.10. The number of sulfonamides is 1. The van der Waals surface area contributed by atoms with E-state index in [0.29, 0.717) is 0 Å². The normalized spacial score (nSPS) is 11.0. The smallest absolute Gasteiger partial charge is 0.262 e. The Balaban J connectivity index is 1.57. The van der Waals surface area contributed by atoms with Crippen molar-refractivity contribution in [1.82, 2.24) is 0 Å². The van der Waals surface area contributed by atoms with Gasteiger partial charge < -0.3 is 10.1 Å². The quantitative estimate of drug-likeness (QED) is 0.588. The topological polar surface area (TPSA) is 84.5 Å². The molecule has 1 amide bonds. The molecule has 10 heteroatoms. The van der Waals surface area contributed by atoms with E-state index < -0.39 is 40.0 Å². The summed E-state index contributed by atoms with van der Waals surface area (Å²) in [6.45, 7) is -0.432. The van der Waals surface area contributed by atoms with Gasteiger partial charge in [-0.15, -0.1) is 0 Å². The van der Waals surface area contributed by atoms with E-state index in [9.17, 15) is 26.4 Å². The summed E-state index contributed by atoms with van der Waals surface area (Å²) in [7, 11) is -3.90. The van der Waals surface area contributed by atoms with E-state index >= 15 is 0 Å². The highest BCUT2D eigenvalue weighted by atomic mass is 32.2. The highest BCUT2D eigenvalue weighted by Gasteiger charge is 2.14. The summed E-state index contributed by atoms with van der Waals surface area (Å²) in [5.74, 6) is -3.02. The van der Waals surface area contributed by atoms with Crippen molar-refractivity contribution < 1.29 is 31.1 Å². The molecule has 0 radical (unpaired) electrons. The second-order valence-electron chi connectivity index (χ2n) is 6.05. The maximum absolute atomic E-state index is 13.1. The predicted octanol–water partition coefficient (Wildman–Crippen LogP) is 3.92. The molecule has 0 aliphatic rings. The molecule has 0 heterocycles. The Bertz CT molecular complexity index is 1150. The molecule has 0 atom stereocenters. The number of carbonyl (C=O) groups is 1. The maximum atomic E-state index is 13.1. The lowest BCUT2D eigenvalue weighted by Crippen LogP contribution is -2.20. The summed E-state index contributed by atoms with van der Waals surface area (Å²) in [6, 6.07) is 13.0. The van der Waals surface area contributed by atoms with Crippen molar-refractivity contribution in [2.45, 2.75) is 4.90 Å². The monoisotopic (exact) mass is 436 g/mol. The number of nitrogens with one attached hydrogen (secondary N) is 2. The third kappa shape index (κ3) is 5.51. The molecule has 3 aromatic carbocycles. The zero-order valence-electron chi connectivity index (χ0n) is 15.2. The molecule has 6 nitrogen and oxygen atoms in total. The molecule has 3 aromatic rings. The average Bonchev–Trinajstić information content (AvgIpc) is 2.71. The van der Waals surface area contributed by atoms with Crippen LogP contribution in [0.15, 0.2) is 71.6 Å². The molecule has 156 valence electrons. The van der Waals surface area contributed by atoms with Crippen molar-refractivity contribution >= 4 is 27.3 Å². The average molecular weight is 436 g/mol. The number of carbonyl (C=O) groups excluding carboxylic acids is 1. The van der Waals surface area contributed by atoms with Crippen LogP contribution >= 0.6 is 0 Å². The minimum Gasteiger partial charge on any atom is -0.484 e. The van der Waals surface area contributed by atoms with Gasteiger partial charge in [-0.1, -0.05) is 0 Å². The maximum Gasteiger partial charge on any atom is 0.262 e. The van der Waals surface area contributed by atoms with Crippen molar-refractivity contribution in [3.63, 3.8) is 0 Å². The van der Waals surface area contributed by atoms with E-state index in [4.69, 9.17) is 4.74 Å². The van der Waals surface area contributed by atoms with Crippen molar-refractivity contribution in [2.24, 2.45) is 0 Å². The number of hydrogen-bond donors (Lipinski definition) is 2. The van der Waals surface area contributed by atoms with Gasteiger partial charge in [-0.25, -0.2) is 21.6 Å². The number of halogens is 3. The highest BCUT2D eigenvalue weighted by Crippen LogP contribution is 2.20. The van der Waals surface area contributed by atoms with Gasteiger partial charge in [0.2, 0.25) is 0 Å². The molecule has 2 N–H and O–H groups in total.